The van der Waals surface area contributed by atoms with Crippen molar-refractivity contribution >= 4 is 43.1 Å². The smallest absolute Gasteiger partial charge is 0.0780 e. The standard InChI is InChI=1S/C48H35N/c1-48(2)42-23-13-12-22-39(42)46-35-19-9-8-18-34(35)41(29-43(46)48)45-37-21-11-10-20-36(37)44(31-15-4-3-5-16-31)38-25-24-32(28-40(38)45)47-33-17-7-6-14-30(33)26-27-49-47/h3-29,39,42H,1-2H3. The van der Waals surface area contributed by atoms with Crippen LogP contribution in [0.25, 0.3) is 76.6 Å². The quantitative estimate of drug-likeness (QED) is 0.178. The molecule has 1 aromatic heterocycles. The molecule has 1 nitrogen and oxygen atoms in total. The molecule has 2 aliphatic carbocycles. The van der Waals surface area contributed by atoms with Crippen molar-refractivity contribution in [3.05, 3.63) is 175 Å². The molecule has 8 aromatic rings. The number of hydrogen-bond acceptors (Lipinski definition) is 1. The Bertz CT molecular complexity index is 2690. The molecular formula is C48H35N. The van der Waals surface area contributed by atoms with Crippen LogP contribution in [-0.4, -0.2) is 4.98 Å². The minimum Gasteiger partial charge on any atom is -0.256 e. The molecule has 0 radical (unpaired) electrons. The normalized spacial score (nSPS) is 17.6. The van der Waals surface area contributed by atoms with Crippen LogP contribution in [-0.2, 0) is 5.41 Å². The van der Waals surface area contributed by atoms with Gasteiger partial charge < -0.3 is 0 Å². The van der Waals surface area contributed by atoms with Gasteiger partial charge in [-0.05, 0) is 101 Å². The average Bonchev–Trinajstić information content (AvgIpc) is 3.39. The van der Waals surface area contributed by atoms with E-state index >= 15 is 0 Å². The summed E-state index contributed by atoms with van der Waals surface area (Å²) >= 11 is 0. The number of rotatable bonds is 3. The summed E-state index contributed by atoms with van der Waals surface area (Å²) in [6.45, 7) is 4.88. The predicted octanol–water partition coefficient (Wildman–Crippen LogP) is 12.8. The lowest BCUT2D eigenvalue weighted by Gasteiger charge is -2.29. The molecule has 49 heavy (non-hydrogen) atoms. The Kier molecular flexibility index (Phi) is 6.11. The molecule has 2 unspecified atom stereocenters. The van der Waals surface area contributed by atoms with E-state index in [1.54, 1.807) is 0 Å². The Labute approximate surface area is 286 Å². The predicted molar refractivity (Wildman–Crippen MR) is 208 cm³/mol. The van der Waals surface area contributed by atoms with Crippen molar-refractivity contribution in [1.29, 1.82) is 0 Å². The minimum absolute atomic E-state index is 0.00629. The van der Waals surface area contributed by atoms with Gasteiger partial charge in [-0.2, -0.15) is 0 Å². The zero-order valence-electron chi connectivity index (χ0n) is 27.7. The summed E-state index contributed by atoms with van der Waals surface area (Å²) in [5.41, 5.74) is 10.2. The van der Waals surface area contributed by atoms with E-state index < -0.39 is 0 Å². The molecule has 0 saturated carbocycles. The van der Waals surface area contributed by atoms with E-state index in [0.717, 1.165) is 11.3 Å². The first kappa shape index (κ1) is 28.2. The van der Waals surface area contributed by atoms with E-state index in [0.29, 0.717) is 11.8 Å². The third-order valence-electron chi connectivity index (χ3n) is 11.4. The molecule has 0 N–H and O–H groups in total. The van der Waals surface area contributed by atoms with Crippen LogP contribution in [0, 0.1) is 5.92 Å². The SMILES string of the molecule is CC1(C)c2cc(-c3c4ccccc4c(-c4ccccc4)c4ccc(-c5nccc6ccccc56)cc34)c3ccccc3c2C2C=CC=CC21. The maximum absolute atomic E-state index is 4.97. The maximum Gasteiger partial charge on any atom is 0.0780 e. The van der Waals surface area contributed by atoms with Gasteiger partial charge in [-0.3, -0.25) is 4.98 Å². The van der Waals surface area contributed by atoms with Gasteiger partial charge in [-0.15, -0.1) is 0 Å². The third-order valence-corrected chi connectivity index (χ3v) is 11.4. The summed E-state index contributed by atoms with van der Waals surface area (Å²) in [7, 11) is 0. The van der Waals surface area contributed by atoms with Gasteiger partial charge in [0.25, 0.3) is 0 Å². The highest BCUT2D eigenvalue weighted by atomic mass is 14.7. The number of nitrogens with zero attached hydrogens (tertiary/aromatic N) is 1. The fourth-order valence-electron chi connectivity index (χ4n) is 9.13. The Hall–Kier alpha value is -5.79. The van der Waals surface area contributed by atoms with E-state index in [1.165, 1.54) is 76.5 Å². The first-order valence-electron chi connectivity index (χ1n) is 17.4. The molecule has 7 aromatic carbocycles. The van der Waals surface area contributed by atoms with Crippen LogP contribution in [0.4, 0.5) is 0 Å². The van der Waals surface area contributed by atoms with Gasteiger partial charge in [0.1, 0.15) is 0 Å². The Balaban J connectivity index is 1.38. The van der Waals surface area contributed by atoms with Crippen LogP contribution in [0.3, 0.4) is 0 Å². The number of pyridine rings is 1. The molecule has 232 valence electrons. The van der Waals surface area contributed by atoms with Crippen LogP contribution < -0.4 is 0 Å². The maximum atomic E-state index is 4.97. The molecule has 0 spiro atoms. The number of allylic oxidation sites excluding steroid dienone is 4. The second-order valence-corrected chi connectivity index (χ2v) is 14.3. The van der Waals surface area contributed by atoms with Crippen molar-refractivity contribution in [1.82, 2.24) is 4.98 Å². The molecule has 0 bridgehead atoms. The fraction of sp³-hybridized carbons (Fsp3) is 0.104. The number of fused-ring (bicyclic) bond motifs is 8. The molecule has 0 aliphatic heterocycles. The van der Waals surface area contributed by atoms with Crippen LogP contribution in [0.1, 0.15) is 30.9 Å². The summed E-state index contributed by atoms with van der Waals surface area (Å²) in [5.74, 6) is 0.816. The molecule has 0 saturated heterocycles. The summed E-state index contributed by atoms with van der Waals surface area (Å²) in [4.78, 5) is 4.97. The Morgan fingerprint density at radius 3 is 1.98 bits per heavy atom. The van der Waals surface area contributed by atoms with Gasteiger partial charge in [-0.1, -0.05) is 153 Å². The lowest BCUT2D eigenvalue weighted by Crippen LogP contribution is -2.24. The molecular weight excluding hydrogens is 591 g/mol. The highest BCUT2D eigenvalue weighted by molar-refractivity contribution is 6.24. The van der Waals surface area contributed by atoms with E-state index in [-0.39, 0.29) is 5.41 Å². The molecule has 1 heterocycles. The van der Waals surface area contributed by atoms with Crippen molar-refractivity contribution in [3.63, 3.8) is 0 Å². The van der Waals surface area contributed by atoms with Gasteiger partial charge in [-0.25, -0.2) is 0 Å². The summed E-state index contributed by atoms with van der Waals surface area (Å²) in [5, 5.41) is 10.1. The van der Waals surface area contributed by atoms with Crippen molar-refractivity contribution < 1.29 is 0 Å². The lowest BCUT2D eigenvalue weighted by atomic mass is 9.74. The summed E-state index contributed by atoms with van der Waals surface area (Å²) < 4.78 is 0. The van der Waals surface area contributed by atoms with E-state index in [9.17, 15) is 0 Å². The van der Waals surface area contributed by atoms with Gasteiger partial charge in [0.2, 0.25) is 0 Å². The van der Waals surface area contributed by atoms with Crippen molar-refractivity contribution in [2.24, 2.45) is 5.92 Å². The summed E-state index contributed by atoms with van der Waals surface area (Å²) in [6, 6.07) is 49.3. The molecule has 0 fully saturated rings. The fourth-order valence-corrected chi connectivity index (χ4v) is 9.13. The zero-order chi connectivity index (χ0) is 32.7. The van der Waals surface area contributed by atoms with Crippen LogP contribution in [0.5, 0.6) is 0 Å². The lowest BCUT2D eigenvalue weighted by molar-refractivity contribution is 0.394. The van der Waals surface area contributed by atoms with Gasteiger partial charge in [0, 0.05) is 23.1 Å². The van der Waals surface area contributed by atoms with E-state index in [2.05, 4.69) is 172 Å². The van der Waals surface area contributed by atoms with E-state index in [1.807, 2.05) is 6.20 Å². The monoisotopic (exact) mass is 625 g/mol. The van der Waals surface area contributed by atoms with Crippen molar-refractivity contribution in [2.75, 3.05) is 0 Å². The number of hydrogen-bond donors (Lipinski definition) is 0. The third kappa shape index (κ3) is 4.09. The first-order chi connectivity index (χ1) is 24.1. The van der Waals surface area contributed by atoms with Crippen molar-refractivity contribution in [3.8, 4) is 33.5 Å². The van der Waals surface area contributed by atoms with E-state index in [4.69, 9.17) is 4.98 Å². The van der Waals surface area contributed by atoms with Gasteiger partial charge in [0.15, 0.2) is 0 Å². The van der Waals surface area contributed by atoms with Gasteiger partial charge >= 0.3 is 0 Å². The Morgan fingerprint density at radius 2 is 1.16 bits per heavy atom. The second-order valence-electron chi connectivity index (χ2n) is 14.3. The molecule has 1 heteroatoms. The Morgan fingerprint density at radius 1 is 0.510 bits per heavy atom. The topological polar surface area (TPSA) is 12.9 Å². The second kappa shape index (κ2) is 10.6. The highest BCUT2D eigenvalue weighted by Gasteiger charge is 2.45. The van der Waals surface area contributed by atoms with Gasteiger partial charge in [0.05, 0.1) is 5.69 Å². The molecule has 0 amide bonds. The summed E-state index contributed by atoms with van der Waals surface area (Å²) in [6.07, 6.45) is 11.3. The van der Waals surface area contributed by atoms with Crippen molar-refractivity contribution in [2.45, 2.75) is 25.2 Å². The number of benzene rings is 7. The minimum atomic E-state index is -0.00629. The first-order valence-corrected chi connectivity index (χ1v) is 17.4. The number of aromatic nitrogens is 1. The molecule has 2 aliphatic rings. The van der Waals surface area contributed by atoms with Crippen LogP contribution >= 0.6 is 0 Å². The average molecular weight is 626 g/mol. The zero-order valence-corrected chi connectivity index (χ0v) is 27.7. The highest BCUT2D eigenvalue weighted by Crippen LogP contribution is 2.57. The molecule has 10 rings (SSSR count). The molecule has 2 atom stereocenters. The van der Waals surface area contributed by atoms with Crippen LogP contribution in [0.15, 0.2) is 164 Å². The largest absolute Gasteiger partial charge is 0.256 e. The van der Waals surface area contributed by atoms with Crippen LogP contribution in [0.2, 0.25) is 0 Å².